The summed E-state index contributed by atoms with van der Waals surface area (Å²) in [6.45, 7) is 6.33. The van der Waals surface area contributed by atoms with Gasteiger partial charge in [0.25, 0.3) is 5.91 Å². The smallest absolute Gasteiger partial charge is 0.274 e. The molecule has 218 valence electrons. The number of hydrogen-bond donors (Lipinski definition) is 4. The van der Waals surface area contributed by atoms with Crippen molar-refractivity contribution in [3.63, 3.8) is 0 Å². The maximum absolute atomic E-state index is 15.0. The minimum atomic E-state index is -1.52. The number of piperidine rings is 1. The maximum Gasteiger partial charge on any atom is 0.274 e. The second-order valence-electron chi connectivity index (χ2n) is 11.5. The summed E-state index contributed by atoms with van der Waals surface area (Å²) >= 11 is 0. The van der Waals surface area contributed by atoms with Gasteiger partial charge in [0.1, 0.15) is 28.8 Å². The standard InChI is InChI=1S/C30H34F3N5O3/c1-15-9-17(34-4)14-38(13-15)28-18-5-8-24(39)26(18)35-12-23(28)37-29(40)22-7-6-19(31)27(36-22)25-20(32)10-16(11-21(25)33)30(2,3)41/h6-7,10-12,15,17,24,34,39,41H,5,8-9,13-14H2,1-4H3,(H,37,40)/t15-,17+,24?/m1/s1. The number of likely N-dealkylation sites (N-methyl/N-ethyl adjacent to an activating group) is 1. The van der Waals surface area contributed by atoms with Gasteiger partial charge in [-0.05, 0) is 75.9 Å². The maximum atomic E-state index is 15.0. The Hall–Kier alpha value is -3.54. The van der Waals surface area contributed by atoms with E-state index in [1.165, 1.54) is 20.0 Å². The molecule has 5 rings (SSSR count). The summed E-state index contributed by atoms with van der Waals surface area (Å²) in [5.74, 6) is -3.59. The fourth-order valence-electron chi connectivity index (χ4n) is 5.79. The molecule has 41 heavy (non-hydrogen) atoms. The number of rotatable bonds is 6. The predicted molar refractivity (Wildman–Crippen MR) is 149 cm³/mol. The quantitative estimate of drug-likeness (QED) is 0.347. The summed E-state index contributed by atoms with van der Waals surface area (Å²) in [4.78, 5) is 24.0. The molecule has 2 aromatic heterocycles. The Labute approximate surface area is 236 Å². The lowest BCUT2D eigenvalue weighted by Gasteiger charge is -2.39. The van der Waals surface area contributed by atoms with E-state index in [0.29, 0.717) is 36.7 Å². The molecule has 1 saturated heterocycles. The van der Waals surface area contributed by atoms with Crippen molar-refractivity contribution in [3.8, 4) is 11.3 Å². The molecular formula is C30H34F3N5O3. The average molecular weight is 570 g/mol. The summed E-state index contributed by atoms with van der Waals surface area (Å²) in [5, 5.41) is 26.8. The lowest BCUT2D eigenvalue weighted by atomic mass is 9.94. The SMILES string of the molecule is CN[C@H]1C[C@@H](C)CN(c2c(NC(=O)c3ccc(F)c(-c4c(F)cc(C(C)(C)O)cc4F)n3)cnc3c2CCC3O)C1. The number of amides is 1. The fraction of sp³-hybridized carbons (Fsp3) is 0.433. The Balaban J connectivity index is 1.51. The lowest BCUT2D eigenvalue weighted by Crippen LogP contribution is -2.48. The van der Waals surface area contributed by atoms with Gasteiger partial charge in [-0.15, -0.1) is 0 Å². The van der Waals surface area contributed by atoms with Crippen LogP contribution in [0, 0.1) is 23.4 Å². The van der Waals surface area contributed by atoms with Gasteiger partial charge in [-0.2, -0.15) is 0 Å². The molecule has 0 radical (unpaired) electrons. The molecule has 0 saturated carbocycles. The van der Waals surface area contributed by atoms with Gasteiger partial charge in [0.05, 0.1) is 40.5 Å². The van der Waals surface area contributed by atoms with Gasteiger partial charge in [0.2, 0.25) is 0 Å². The summed E-state index contributed by atoms with van der Waals surface area (Å²) in [6.07, 6.45) is 2.92. The topological polar surface area (TPSA) is 111 Å². The number of aromatic nitrogens is 2. The second-order valence-corrected chi connectivity index (χ2v) is 11.5. The predicted octanol–water partition coefficient (Wildman–Crippen LogP) is 4.45. The molecule has 1 aliphatic carbocycles. The Bertz CT molecular complexity index is 1470. The van der Waals surface area contributed by atoms with Crippen LogP contribution in [-0.4, -0.2) is 52.3 Å². The average Bonchev–Trinajstić information content (AvgIpc) is 3.28. The molecule has 0 spiro atoms. The molecule has 0 bridgehead atoms. The number of halogens is 3. The number of carbonyl (C=O) groups is 1. The van der Waals surface area contributed by atoms with Crippen LogP contribution in [0.5, 0.6) is 0 Å². The van der Waals surface area contributed by atoms with Crippen LogP contribution in [0.25, 0.3) is 11.3 Å². The third kappa shape index (κ3) is 5.66. The van der Waals surface area contributed by atoms with Crippen LogP contribution in [0.4, 0.5) is 24.5 Å². The number of benzene rings is 1. The van der Waals surface area contributed by atoms with Crippen molar-refractivity contribution in [1.29, 1.82) is 0 Å². The number of nitrogens with zero attached hydrogens (tertiary/aromatic N) is 3. The van der Waals surface area contributed by atoms with Crippen molar-refractivity contribution in [3.05, 3.63) is 70.4 Å². The number of aliphatic hydroxyl groups is 2. The second kappa shape index (κ2) is 11.0. The van der Waals surface area contributed by atoms with Crippen molar-refractivity contribution in [1.82, 2.24) is 15.3 Å². The largest absolute Gasteiger partial charge is 0.387 e. The molecule has 1 aromatic carbocycles. The van der Waals surface area contributed by atoms with E-state index in [9.17, 15) is 28.2 Å². The summed E-state index contributed by atoms with van der Waals surface area (Å²) < 4.78 is 44.8. The van der Waals surface area contributed by atoms with Crippen LogP contribution in [-0.2, 0) is 12.0 Å². The number of pyridine rings is 2. The first kappa shape index (κ1) is 29.0. The van der Waals surface area contributed by atoms with Gasteiger partial charge in [0, 0.05) is 24.7 Å². The highest BCUT2D eigenvalue weighted by atomic mass is 19.1. The molecule has 8 nitrogen and oxygen atoms in total. The van der Waals surface area contributed by atoms with Gasteiger partial charge >= 0.3 is 0 Å². The normalized spacial score (nSPS) is 20.7. The number of hydrogen-bond acceptors (Lipinski definition) is 7. The van der Waals surface area contributed by atoms with Crippen molar-refractivity contribution >= 4 is 17.3 Å². The third-order valence-electron chi connectivity index (χ3n) is 7.86. The first-order valence-corrected chi connectivity index (χ1v) is 13.7. The van der Waals surface area contributed by atoms with Crippen molar-refractivity contribution in [2.24, 2.45) is 5.92 Å². The lowest BCUT2D eigenvalue weighted by molar-refractivity contribution is 0.0778. The molecule has 11 heteroatoms. The molecule has 2 aliphatic rings. The van der Waals surface area contributed by atoms with Crippen molar-refractivity contribution in [2.75, 3.05) is 30.4 Å². The molecular weight excluding hydrogens is 535 g/mol. The highest BCUT2D eigenvalue weighted by molar-refractivity contribution is 6.05. The summed E-state index contributed by atoms with van der Waals surface area (Å²) in [7, 11) is 1.91. The van der Waals surface area contributed by atoms with Gasteiger partial charge in [-0.1, -0.05) is 6.92 Å². The van der Waals surface area contributed by atoms with E-state index in [1.807, 2.05) is 7.05 Å². The first-order valence-electron chi connectivity index (χ1n) is 13.7. The number of aliphatic hydroxyl groups excluding tert-OH is 1. The van der Waals surface area contributed by atoms with Crippen molar-refractivity contribution < 1.29 is 28.2 Å². The molecule has 3 atom stereocenters. The minimum Gasteiger partial charge on any atom is -0.387 e. The molecule has 4 N–H and O–H groups in total. The fourth-order valence-corrected chi connectivity index (χ4v) is 5.79. The van der Waals surface area contributed by atoms with E-state index >= 15 is 0 Å². The van der Waals surface area contributed by atoms with E-state index in [2.05, 4.69) is 32.4 Å². The molecule has 3 aromatic rings. The van der Waals surface area contributed by atoms with Gasteiger partial charge in [-0.3, -0.25) is 9.78 Å². The Kier molecular flexibility index (Phi) is 7.80. The van der Waals surface area contributed by atoms with Crippen LogP contribution in [0.15, 0.2) is 30.5 Å². The van der Waals surface area contributed by atoms with E-state index in [0.717, 1.165) is 48.5 Å². The van der Waals surface area contributed by atoms with Crippen molar-refractivity contribution in [2.45, 2.75) is 57.8 Å². The molecule has 1 unspecified atom stereocenters. The van der Waals surface area contributed by atoms with Gasteiger partial charge in [0.15, 0.2) is 0 Å². The van der Waals surface area contributed by atoms with Crippen LogP contribution < -0.4 is 15.5 Å². The Morgan fingerprint density at radius 1 is 1.12 bits per heavy atom. The Morgan fingerprint density at radius 3 is 2.49 bits per heavy atom. The summed E-state index contributed by atoms with van der Waals surface area (Å²) in [6, 6.07) is 4.13. The molecule has 1 amide bonds. The van der Waals surface area contributed by atoms with E-state index < -0.39 is 46.3 Å². The van der Waals surface area contributed by atoms with E-state index in [1.54, 1.807) is 0 Å². The van der Waals surface area contributed by atoms with E-state index in [4.69, 9.17) is 0 Å². The first-order chi connectivity index (χ1) is 19.4. The monoisotopic (exact) mass is 569 g/mol. The van der Waals surface area contributed by atoms with Gasteiger partial charge in [-0.25, -0.2) is 18.2 Å². The van der Waals surface area contributed by atoms with Crippen LogP contribution >= 0.6 is 0 Å². The Morgan fingerprint density at radius 2 is 1.83 bits per heavy atom. The molecule has 1 fully saturated rings. The molecule has 1 aliphatic heterocycles. The van der Waals surface area contributed by atoms with Gasteiger partial charge < -0.3 is 25.7 Å². The summed E-state index contributed by atoms with van der Waals surface area (Å²) in [5.41, 5.74) is -0.572. The zero-order valence-electron chi connectivity index (χ0n) is 23.4. The van der Waals surface area contributed by atoms with Crippen LogP contribution in [0.1, 0.15) is 67.0 Å². The molecule has 3 heterocycles. The number of fused-ring (bicyclic) bond motifs is 1. The zero-order valence-corrected chi connectivity index (χ0v) is 23.4. The highest BCUT2D eigenvalue weighted by Crippen LogP contribution is 2.42. The third-order valence-corrected chi connectivity index (χ3v) is 7.86. The zero-order chi connectivity index (χ0) is 29.6. The van der Waals surface area contributed by atoms with Crippen LogP contribution in [0.3, 0.4) is 0 Å². The minimum absolute atomic E-state index is 0.0279. The number of carbonyl (C=O) groups excluding carboxylic acids is 1. The van der Waals surface area contributed by atoms with Crippen LogP contribution in [0.2, 0.25) is 0 Å². The number of nitrogens with one attached hydrogen (secondary N) is 2. The number of anilines is 2. The highest BCUT2D eigenvalue weighted by Gasteiger charge is 2.33. The van der Waals surface area contributed by atoms with E-state index in [-0.39, 0.29) is 17.3 Å².